The molecule has 1 amide bonds. The summed E-state index contributed by atoms with van der Waals surface area (Å²) in [5.41, 5.74) is 2.34. The SMILES string of the molecule is CCCC(C)C1SCC(=O)N1c1ccc(C(=O)OC)cc1C. The number of methoxy groups -OCH3 is 1. The molecular weight excluding hydrogens is 298 g/mol. The van der Waals surface area contributed by atoms with Crippen molar-refractivity contribution in [1.82, 2.24) is 0 Å². The molecule has 1 aromatic carbocycles. The molecular formula is C17H23NO3S. The first-order valence-electron chi connectivity index (χ1n) is 7.62. The number of aryl methyl sites for hydroxylation is 1. The summed E-state index contributed by atoms with van der Waals surface area (Å²) in [5, 5.41) is 0.176. The molecule has 1 aliphatic heterocycles. The van der Waals surface area contributed by atoms with Gasteiger partial charge in [-0.15, -0.1) is 11.8 Å². The number of nitrogens with zero attached hydrogens (tertiary/aromatic N) is 1. The van der Waals surface area contributed by atoms with E-state index in [1.165, 1.54) is 7.11 Å². The van der Waals surface area contributed by atoms with E-state index in [0.29, 0.717) is 17.2 Å². The fourth-order valence-corrected chi connectivity index (χ4v) is 4.20. The Morgan fingerprint density at radius 1 is 1.50 bits per heavy atom. The summed E-state index contributed by atoms with van der Waals surface area (Å²) < 4.78 is 4.75. The van der Waals surface area contributed by atoms with Crippen molar-refractivity contribution >= 4 is 29.3 Å². The zero-order valence-corrected chi connectivity index (χ0v) is 14.4. The average Bonchev–Trinajstić information content (AvgIpc) is 2.88. The van der Waals surface area contributed by atoms with Gasteiger partial charge in [0.1, 0.15) is 0 Å². The Balaban J connectivity index is 2.32. The second-order valence-corrected chi connectivity index (χ2v) is 6.83. The van der Waals surface area contributed by atoms with Gasteiger partial charge in [-0.1, -0.05) is 20.3 Å². The van der Waals surface area contributed by atoms with Crippen molar-refractivity contribution in [3.63, 3.8) is 0 Å². The Kier molecular flexibility index (Phi) is 5.51. The summed E-state index contributed by atoms with van der Waals surface area (Å²) in [6.45, 7) is 6.29. The Morgan fingerprint density at radius 2 is 2.23 bits per heavy atom. The van der Waals surface area contributed by atoms with Crippen LogP contribution in [0.2, 0.25) is 0 Å². The number of carbonyl (C=O) groups excluding carboxylic acids is 2. The van der Waals surface area contributed by atoms with Gasteiger partial charge in [0.2, 0.25) is 5.91 Å². The van der Waals surface area contributed by atoms with Gasteiger partial charge < -0.3 is 4.74 Å². The molecule has 5 heteroatoms. The summed E-state index contributed by atoms with van der Waals surface area (Å²) >= 11 is 1.71. The first kappa shape index (κ1) is 16.9. The number of hydrogen-bond acceptors (Lipinski definition) is 4. The maximum Gasteiger partial charge on any atom is 0.337 e. The lowest BCUT2D eigenvalue weighted by Crippen LogP contribution is -2.37. The summed E-state index contributed by atoms with van der Waals surface area (Å²) in [6.07, 6.45) is 2.21. The molecule has 1 fully saturated rings. The number of hydrogen-bond donors (Lipinski definition) is 0. The predicted molar refractivity (Wildman–Crippen MR) is 90.3 cm³/mol. The maximum atomic E-state index is 12.3. The second-order valence-electron chi connectivity index (χ2n) is 5.72. The fourth-order valence-electron chi connectivity index (χ4n) is 2.90. The number of anilines is 1. The quantitative estimate of drug-likeness (QED) is 0.777. The summed E-state index contributed by atoms with van der Waals surface area (Å²) in [6, 6.07) is 5.38. The largest absolute Gasteiger partial charge is 0.465 e. The third-order valence-electron chi connectivity index (χ3n) is 4.01. The van der Waals surface area contributed by atoms with Gasteiger partial charge in [-0.05, 0) is 43.0 Å². The van der Waals surface area contributed by atoms with Crippen LogP contribution in [0.5, 0.6) is 0 Å². The van der Waals surface area contributed by atoms with Gasteiger partial charge in [-0.2, -0.15) is 0 Å². The molecule has 0 N–H and O–H groups in total. The molecule has 1 aromatic rings. The first-order chi connectivity index (χ1) is 10.5. The van der Waals surface area contributed by atoms with Crippen molar-refractivity contribution in [2.75, 3.05) is 17.8 Å². The fraction of sp³-hybridized carbons (Fsp3) is 0.529. The van der Waals surface area contributed by atoms with E-state index < -0.39 is 0 Å². The van der Waals surface area contributed by atoms with Gasteiger partial charge in [0.25, 0.3) is 0 Å². The van der Waals surface area contributed by atoms with E-state index in [4.69, 9.17) is 4.74 Å². The van der Waals surface area contributed by atoms with Gasteiger partial charge in [-0.25, -0.2) is 4.79 Å². The van der Waals surface area contributed by atoms with Gasteiger partial charge in [0.15, 0.2) is 0 Å². The average molecular weight is 321 g/mol. The minimum atomic E-state index is -0.354. The van der Waals surface area contributed by atoms with Crippen LogP contribution in [0.25, 0.3) is 0 Å². The van der Waals surface area contributed by atoms with E-state index in [1.807, 2.05) is 17.9 Å². The number of thioether (sulfide) groups is 1. The van der Waals surface area contributed by atoms with Crippen LogP contribution < -0.4 is 4.90 Å². The highest BCUT2D eigenvalue weighted by Gasteiger charge is 2.36. The van der Waals surface area contributed by atoms with E-state index in [2.05, 4.69) is 13.8 Å². The van der Waals surface area contributed by atoms with Gasteiger partial charge in [-0.3, -0.25) is 9.69 Å². The van der Waals surface area contributed by atoms with E-state index in [-0.39, 0.29) is 17.3 Å². The van der Waals surface area contributed by atoms with Crippen LogP contribution in [-0.4, -0.2) is 30.1 Å². The van der Waals surface area contributed by atoms with Crippen LogP contribution in [0.4, 0.5) is 5.69 Å². The van der Waals surface area contributed by atoms with E-state index >= 15 is 0 Å². The standard InChI is InChI=1S/C17H23NO3S/c1-5-6-11(2)16-18(15(19)10-22-16)14-8-7-13(9-12(14)3)17(20)21-4/h7-9,11,16H,5-6,10H2,1-4H3. The lowest BCUT2D eigenvalue weighted by molar-refractivity contribution is -0.116. The number of ether oxygens (including phenoxy) is 1. The van der Waals surface area contributed by atoms with Crippen molar-refractivity contribution in [3.8, 4) is 0 Å². The Labute approximate surface area is 136 Å². The van der Waals surface area contributed by atoms with Gasteiger partial charge in [0.05, 0.1) is 23.8 Å². The lowest BCUT2D eigenvalue weighted by Gasteiger charge is -2.30. The highest BCUT2D eigenvalue weighted by molar-refractivity contribution is 8.01. The third-order valence-corrected chi connectivity index (χ3v) is 5.44. The number of rotatable bonds is 5. The Hall–Kier alpha value is -1.49. The normalized spacial score (nSPS) is 19.4. The zero-order chi connectivity index (χ0) is 16.3. The molecule has 0 bridgehead atoms. The summed E-state index contributed by atoms with van der Waals surface area (Å²) in [5.74, 6) is 0.761. The minimum Gasteiger partial charge on any atom is -0.465 e. The highest BCUT2D eigenvalue weighted by Crippen LogP contribution is 2.38. The molecule has 2 atom stereocenters. The molecule has 0 saturated carbocycles. The first-order valence-corrected chi connectivity index (χ1v) is 8.67. The van der Waals surface area contributed by atoms with Crippen LogP contribution in [0.1, 0.15) is 42.6 Å². The van der Waals surface area contributed by atoms with E-state index in [1.54, 1.807) is 23.9 Å². The molecule has 22 heavy (non-hydrogen) atoms. The molecule has 120 valence electrons. The zero-order valence-electron chi connectivity index (χ0n) is 13.6. The maximum absolute atomic E-state index is 12.3. The predicted octanol–water partition coefficient (Wildman–Crippen LogP) is 3.62. The molecule has 1 heterocycles. The molecule has 4 nitrogen and oxygen atoms in total. The van der Waals surface area contributed by atoms with Crippen molar-refractivity contribution in [1.29, 1.82) is 0 Å². The molecule has 1 aliphatic rings. The topological polar surface area (TPSA) is 46.6 Å². The number of carbonyl (C=O) groups is 2. The monoisotopic (exact) mass is 321 g/mol. The summed E-state index contributed by atoms with van der Waals surface area (Å²) in [7, 11) is 1.37. The van der Waals surface area contributed by atoms with Crippen LogP contribution in [-0.2, 0) is 9.53 Å². The smallest absolute Gasteiger partial charge is 0.337 e. The van der Waals surface area contributed by atoms with Crippen molar-refractivity contribution < 1.29 is 14.3 Å². The molecule has 0 radical (unpaired) electrons. The Morgan fingerprint density at radius 3 is 2.82 bits per heavy atom. The number of amides is 1. The van der Waals surface area contributed by atoms with Gasteiger partial charge in [0, 0.05) is 5.69 Å². The highest BCUT2D eigenvalue weighted by atomic mass is 32.2. The van der Waals surface area contributed by atoms with Gasteiger partial charge >= 0.3 is 5.97 Å². The van der Waals surface area contributed by atoms with Crippen LogP contribution in [0, 0.1) is 12.8 Å². The van der Waals surface area contributed by atoms with Crippen molar-refractivity contribution in [3.05, 3.63) is 29.3 Å². The molecule has 0 spiro atoms. The summed E-state index contributed by atoms with van der Waals surface area (Å²) in [4.78, 5) is 25.9. The van der Waals surface area contributed by atoms with Crippen LogP contribution in [0.15, 0.2) is 18.2 Å². The number of esters is 1. The molecule has 0 aromatic heterocycles. The Bertz CT molecular complexity index is 573. The molecule has 2 rings (SSSR count). The van der Waals surface area contributed by atoms with Crippen LogP contribution in [0.3, 0.4) is 0 Å². The molecule has 1 saturated heterocycles. The number of benzene rings is 1. The molecule has 0 aliphatic carbocycles. The minimum absolute atomic E-state index is 0.145. The van der Waals surface area contributed by atoms with E-state index in [0.717, 1.165) is 24.1 Å². The van der Waals surface area contributed by atoms with Crippen molar-refractivity contribution in [2.24, 2.45) is 5.92 Å². The third kappa shape index (κ3) is 3.29. The van der Waals surface area contributed by atoms with E-state index in [9.17, 15) is 9.59 Å². The van der Waals surface area contributed by atoms with Crippen molar-refractivity contribution in [2.45, 2.75) is 39.0 Å². The van der Waals surface area contributed by atoms with Crippen LogP contribution >= 0.6 is 11.8 Å². The molecule has 2 unspecified atom stereocenters. The lowest BCUT2D eigenvalue weighted by atomic mass is 10.0. The second kappa shape index (κ2) is 7.18.